The van der Waals surface area contributed by atoms with Gasteiger partial charge in [-0.15, -0.1) is 0 Å². The van der Waals surface area contributed by atoms with Crippen LogP contribution in [0.15, 0.2) is 54.9 Å². The van der Waals surface area contributed by atoms with Gasteiger partial charge in [-0.05, 0) is 29.8 Å². The molecule has 2 heterocycles. The third-order valence-electron chi connectivity index (χ3n) is 4.18. The van der Waals surface area contributed by atoms with E-state index in [9.17, 15) is 4.79 Å². The van der Waals surface area contributed by atoms with Crippen LogP contribution in [-0.4, -0.2) is 41.4 Å². The molecule has 1 aliphatic heterocycles. The molecule has 1 saturated heterocycles. The molecule has 3 aromatic rings. The Morgan fingerprint density at radius 2 is 2.12 bits per heavy atom. The maximum atomic E-state index is 12.2. The van der Waals surface area contributed by atoms with E-state index in [1.165, 1.54) is 0 Å². The van der Waals surface area contributed by atoms with Crippen molar-refractivity contribution in [1.82, 2.24) is 9.55 Å². The molecule has 6 heteroatoms. The van der Waals surface area contributed by atoms with E-state index in [1.54, 1.807) is 0 Å². The second-order valence-electron chi connectivity index (χ2n) is 5.99. The zero-order chi connectivity index (χ0) is 17.1. The summed E-state index contributed by atoms with van der Waals surface area (Å²) < 4.78 is 12.8. The van der Waals surface area contributed by atoms with Gasteiger partial charge in [0, 0.05) is 12.2 Å². The van der Waals surface area contributed by atoms with E-state index in [4.69, 9.17) is 9.47 Å². The molecule has 0 saturated carbocycles. The third-order valence-corrected chi connectivity index (χ3v) is 4.18. The minimum absolute atomic E-state index is 0.176. The maximum Gasteiger partial charge on any atom is 0.255 e. The Morgan fingerprint density at radius 3 is 3.00 bits per heavy atom. The highest BCUT2D eigenvalue weighted by atomic mass is 16.6. The van der Waals surface area contributed by atoms with Crippen molar-refractivity contribution in [2.75, 3.05) is 25.1 Å². The number of anilines is 1. The molecular weight excluding hydrogens is 318 g/mol. The van der Waals surface area contributed by atoms with E-state index in [1.807, 2.05) is 54.9 Å². The summed E-state index contributed by atoms with van der Waals surface area (Å²) in [6.45, 7) is 1.98. The van der Waals surface area contributed by atoms with Crippen LogP contribution in [0.1, 0.15) is 5.56 Å². The summed E-state index contributed by atoms with van der Waals surface area (Å²) in [5.74, 6) is -0.176. The van der Waals surface area contributed by atoms with Gasteiger partial charge in [-0.1, -0.05) is 24.3 Å². The topological polar surface area (TPSA) is 65.4 Å². The Labute approximate surface area is 145 Å². The van der Waals surface area contributed by atoms with E-state index >= 15 is 0 Å². The van der Waals surface area contributed by atoms with Crippen molar-refractivity contribution < 1.29 is 14.3 Å². The number of benzene rings is 2. The fourth-order valence-electron chi connectivity index (χ4n) is 2.94. The number of hydrogen-bond acceptors (Lipinski definition) is 4. The van der Waals surface area contributed by atoms with Crippen LogP contribution in [0.3, 0.4) is 0 Å². The molecule has 0 aliphatic carbocycles. The number of carbonyl (C=O) groups is 1. The lowest BCUT2D eigenvalue weighted by molar-refractivity contribution is -0.142. The predicted molar refractivity (Wildman–Crippen MR) is 94.5 cm³/mol. The molecule has 0 unspecified atom stereocenters. The first-order valence-electron chi connectivity index (χ1n) is 8.28. The minimum Gasteiger partial charge on any atom is -0.376 e. The lowest BCUT2D eigenvalue weighted by atomic mass is 10.2. The lowest BCUT2D eigenvalue weighted by Gasteiger charge is -2.22. The molecule has 25 heavy (non-hydrogen) atoms. The first kappa shape index (κ1) is 15.8. The SMILES string of the molecule is O=C(Nc1cccc(Cn2cnc3ccccc32)c1)[C@@H]1COCCO1. The summed E-state index contributed by atoms with van der Waals surface area (Å²) in [4.78, 5) is 16.6. The Bertz CT molecular complexity index is 884. The van der Waals surface area contributed by atoms with Gasteiger partial charge in [0.1, 0.15) is 0 Å². The molecule has 1 atom stereocenters. The number of hydrogen-bond donors (Lipinski definition) is 1. The number of amides is 1. The predicted octanol–water partition coefficient (Wildman–Crippen LogP) is 2.44. The van der Waals surface area contributed by atoms with Gasteiger partial charge in [-0.3, -0.25) is 4.79 Å². The fourth-order valence-corrected chi connectivity index (χ4v) is 2.94. The van der Waals surface area contributed by atoms with E-state index in [0.717, 1.165) is 22.3 Å². The number of nitrogens with one attached hydrogen (secondary N) is 1. The van der Waals surface area contributed by atoms with Crippen LogP contribution < -0.4 is 5.32 Å². The Hall–Kier alpha value is -2.70. The second kappa shape index (κ2) is 7.04. The summed E-state index contributed by atoms with van der Waals surface area (Å²) >= 11 is 0. The number of imidazole rings is 1. The number of aromatic nitrogens is 2. The first-order chi connectivity index (χ1) is 12.3. The molecule has 0 radical (unpaired) electrons. The van der Waals surface area contributed by atoms with Crippen LogP contribution in [-0.2, 0) is 20.8 Å². The van der Waals surface area contributed by atoms with Crippen molar-refractivity contribution in [3.05, 3.63) is 60.4 Å². The number of rotatable bonds is 4. The van der Waals surface area contributed by atoms with Crippen molar-refractivity contribution >= 4 is 22.6 Å². The maximum absolute atomic E-state index is 12.2. The van der Waals surface area contributed by atoms with Crippen LogP contribution in [0.4, 0.5) is 5.69 Å². The van der Waals surface area contributed by atoms with Crippen LogP contribution in [0.2, 0.25) is 0 Å². The fraction of sp³-hybridized carbons (Fsp3) is 0.263. The molecule has 0 bridgehead atoms. The summed E-state index contributed by atoms with van der Waals surface area (Å²) in [6.07, 6.45) is 1.29. The van der Waals surface area contributed by atoms with Gasteiger partial charge in [0.05, 0.1) is 37.2 Å². The van der Waals surface area contributed by atoms with Gasteiger partial charge in [-0.2, -0.15) is 0 Å². The zero-order valence-electron chi connectivity index (χ0n) is 13.7. The molecule has 1 N–H and O–H groups in total. The number of nitrogens with zero attached hydrogens (tertiary/aromatic N) is 2. The third kappa shape index (κ3) is 3.55. The van der Waals surface area contributed by atoms with Crippen LogP contribution in [0, 0.1) is 0 Å². The van der Waals surface area contributed by atoms with Gasteiger partial charge in [-0.25, -0.2) is 4.98 Å². The van der Waals surface area contributed by atoms with Crippen molar-refractivity contribution in [3.8, 4) is 0 Å². The average molecular weight is 337 g/mol. The Kier molecular flexibility index (Phi) is 4.45. The largest absolute Gasteiger partial charge is 0.376 e. The summed E-state index contributed by atoms with van der Waals surface area (Å²) in [6, 6.07) is 15.8. The molecule has 128 valence electrons. The van der Waals surface area contributed by atoms with E-state index in [2.05, 4.69) is 14.9 Å². The van der Waals surface area contributed by atoms with Crippen molar-refractivity contribution in [2.45, 2.75) is 12.6 Å². The van der Waals surface area contributed by atoms with Gasteiger partial charge in [0.25, 0.3) is 5.91 Å². The molecule has 1 aliphatic rings. The number of fused-ring (bicyclic) bond motifs is 1. The Morgan fingerprint density at radius 1 is 1.20 bits per heavy atom. The molecule has 6 nitrogen and oxygen atoms in total. The molecular formula is C19H19N3O3. The molecule has 4 rings (SSSR count). The Balaban J connectivity index is 1.48. The van der Waals surface area contributed by atoms with E-state index < -0.39 is 6.10 Å². The molecule has 1 fully saturated rings. The van der Waals surface area contributed by atoms with Gasteiger partial charge < -0.3 is 19.4 Å². The van der Waals surface area contributed by atoms with Crippen molar-refractivity contribution in [2.24, 2.45) is 0 Å². The van der Waals surface area contributed by atoms with Crippen LogP contribution in [0.25, 0.3) is 11.0 Å². The van der Waals surface area contributed by atoms with Crippen molar-refractivity contribution in [1.29, 1.82) is 0 Å². The number of para-hydroxylation sites is 2. The van der Waals surface area contributed by atoms with Gasteiger partial charge >= 0.3 is 0 Å². The molecule has 2 aromatic carbocycles. The normalized spacial score (nSPS) is 17.5. The summed E-state index contributed by atoms with van der Waals surface area (Å²) in [5.41, 5.74) is 3.90. The highest BCUT2D eigenvalue weighted by Crippen LogP contribution is 2.17. The zero-order valence-corrected chi connectivity index (χ0v) is 13.7. The lowest BCUT2D eigenvalue weighted by Crippen LogP contribution is -2.39. The molecule has 1 amide bonds. The second-order valence-corrected chi connectivity index (χ2v) is 5.99. The highest BCUT2D eigenvalue weighted by molar-refractivity contribution is 5.94. The number of carbonyl (C=O) groups excluding carboxylic acids is 1. The monoisotopic (exact) mass is 337 g/mol. The molecule has 0 spiro atoms. The molecule has 1 aromatic heterocycles. The van der Waals surface area contributed by atoms with Crippen LogP contribution >= 0.6 is 0 Å². The highest BCUT2D eigenvalue weighted by Gasteiger charge is 2.22. The van der Waals surface area contributed by atoms with Crippen LogP contribution in [0.5, 0.6) is 0 Å². The standard InChI is InChI=1S/C19H19N3O3/c23-19(18-12-24-8-9-25-18)21-15-5-3-4-14(10-15)11-22-13-20-16-6-1-2-7-17(16)22/h1-7,10,13,18H,8-9,11-12H2,(H,21,23)/t18-/m0/s1. The van der Waals surface area contributed by atoms with E-state index in [0.29, 0.717) is 26.4 Å². The number of ether oxygens (including phenoxy) is 2. The minimum atomic E-state index is -0.546. The first-order valence-corrected chi connectivity index (χ1v) is 8.28. The van der Waals surface area contributed by atoms with Gasteiger partial charge in [0.15, 0.2) is 6.10 Å². The van der Waals surface area contributed by atoms with E-state index in [-0.39, 0.29) is 5.91 Å². The van der Waals surface area contributed by atoms with Crippen molar-refractivity contribution in [3.63, 3.8) is 0 Å². The quantitative estimate of drug-likeness (QED) is 0.794. The summed E-state index contributed by atoms with van der Waals surface area (Å²) in [7, 11) is 0. The summed E-state index contributed by atoms with van der Waals surface area (Å²) in [5, 5.41) is 2.90. The van der Waals surface area contributed by atoms with Gasteiger partial charge in [0.2, 0.25) is 0 Å². The average Bonchev–Trinajstić information content (AvgIpc) is 3.06. The smallest absolute Gasteiger partial charge is 0.255 e.